The average molecular weight is 396 g/mol. The first kappa shape index (κ1) is 20.8. The zero-order valence-corrected chi connectivity index (χ0v) is 17.0. The molecule has 29 heavy (non-hydrogen) atoms. The monoisotopic (exact) mass is 395 g/mol. The number of carbonyl (C=O) groups is 2. The standard InChI is InChI=1S/C22H29N5O2/c1-2-12-23-20(28)9-6-10-21(29)27-16-14-26(15-17-27)19-11-13-24-22(25-19)18-7-4-3-5-8-18/h3-5,7-8,11,13H,2,6,9-10,12,14-17H2,1H3,(H,23,28). The largest absolute Gasteiger partial charge is 0.356 e. The summed E-state index contributed by atoms with van der Waals surface area (Å²) in [5, 5.41) is 2.84. The summed E-state index contributed by atoms with van der Waals surface area (Å²) in [6, 6.07) is 11.8. The SMILES string of the molecule is CCCNC(=O)CCCC(=O)N1CCN(c2ccnc(-c3ccccc3)n2)CC1. The lowest BCUT2D eigenvalue weighted by atomic mass is 10.2. The number of benzene rings is 1. The van der Waals surface area contributed by atoms with Crippen molar-refractivity contribution < 1.29 is 9.59 Å². The minimum Gasteiger partial charge on any atom is -0.356 e. The number of hydrogen-bond acceptors (Lipinski definition) is 5. The second-order valence-corrected chi connectivity index (χ2v) is 7.18. The van der Waals surface area contributed by atoms with Gasteiger partial charge in [0.2, 0.25) is 11.8 Å². The van der Waals surface area contributed by atoms with E-state index in [2.05, 4.69) is 15.2 Å². The molecular weight excluding hydrogens is 366 g/mol. The summed E-state index contributed by atoms with van der Waals surface area (Å²) in [6.07, 6.45) is 4.14. The number of nitrogens with zero attached hydrogens (tertiary/aromatic N) is 4. The molecular formula is C22H29N5O2. The number of hydrogen-bond donors (Lipinski definition) is 1. The van der Waals surface area contributed by atoms with Crippen LogP contribution < -0.4 is 10.2 Å². The first-order valence-corrected chi connectivity index (χ1v) is 10.3. The van der Waals surface area contributed by atoms with Crippen molar-refractivity contribution in [1.82, 2.24) is 20.2 Å². The van der Waals surface area contributed by atoms with Crippen LogP contribution in [0.25, 0.3) is 11.4 Å². The van der Waals surface area contributed by atoms with Crippen molar-refractivity contribution in [3.8, 4) is 11.4 Å². The van der Waals surface area contributed by atoms with Crippen molar-refractivity contribution in [2.24, 2.45) is 0 Å². The van der Waals surface area contributed by atoms with Crippen LogP contribution in [0.15, 0.2) is 42.6 Å². The summed E-state index contributed by atoms with van der Waals surface area (Å²) in [5.41, 5.74) is 0.992. The molecule has 0 radical (unpaired) electrons. The quantitative estimate of drug-likeness (QED) is 0.743. The Morgan fingerprint density at radius 2 is 1.79 bits per heavy atom. The first-order valence-electron chi connectivity index (χ1n) is 10.3. The summed E-state index contributed by atoms with van der Waals surface area (Å²) in [6.45, 7) is 5.55. The van der Waals surface area contributed by atoms with E-state index in [1.165, 1.54) is 0 Å². The number of carbonyl (C=O) groups excluding carboxylic acids is 2. The summed E-state index contributed by atoms with van der Waals surface area (Å²) in [4.78, 5) is 37.2. The molecule has 2 amide bonds. The van der Waals surface area contributed by atoms with Crippen molar-refractivity contribution in [2.45, 2.75) is 32.6 Å². The van der Waals surface area contributed by atoms with Gasteiger partial charge in [0.15, 0.2) is 5.82 Å². The van der Waals surface area contributed by atoms with E-state index in [9.17, 15) is 9.59 Å². The van der Waals surface area contributed by atoms with Gasteiger partial charge in [0.1, 0.15) is 5.82 Å². The lowest BCUT2D eigenvalue weighted by Crippen LogP contribution is -2.49. The van der Waals surface area contributed by atoms with Crippen molar-refractivity contribution in [1.29, 1.82) is 0 Å². The molecule has 1 fully saturated rings. The van der Waals surface area contributed by atoms with Crippen molar-refractivity contribution >= 4 is 17.6 Å². The van der Waals surface area contributed by atoms with Crippen LogP contribution in [0, 0.1) is 0 Å². The third-order valence-corrected chi connectivity index (χ3v) is 5.00. The Labute approximate surface area is 172 Å². The van der Waals surface area contributed by atoms with Crippen LogP contribution in [0.3, 0.4) is 0 Å². The van der Waals surface area contributed by atoms with Gasteiger partial charge in [-0.3, -0.25) is 9.59 Å². The van der Waals surface area contributed by atoms with Crippen LogP contribution in [0.4, 0.5) is 5.82 Å². The number of piperazine rings is 1. The minimum atomic E-state index is 0.0300. The van der Waals surface area contributed by atoms with Crippen LogP contribution in [-0.4, -0.2) is 59.4 Å². The van der Waals surface area contributed by atoms with E-state index in [4.69, 9.17) is 4.98 Å². The molecule has 2 heterocycles. The van der Waals surface area contributed by atoms with Crippen LogP contribution in [0.2, 0.25) is 0 Å². The zero-order chi connectivity index (χ0) is 20.5. The van der Waals surface area contributed by atoms with Gasteiger partial charge < -0.3 is 15.1 Å². The molecule has 3 rings (SSSR count). The molecule has 7 heteroatoms. The maximum Gasteiger partial charge on any atom is 0.222 e. The maximum atomic E-state index is 12.4. The van der Waals surface area contributed by atoms with Gasteiger partial charge in [-0.2, -0.15) is 0 Å². The normalized spacial score (nSPS) is 14.0. The van der Waals surface area contributed by atoms with Crippen LogP contribution >= 0.6 is 0 Å². The van der Waals surface area contributed by atoms with E-state index >= 15 is 0 Å². The van der Waals surface area contributed by atoms with Gasteiger partial charge in [-0.15, -0.1) is 0 Å². The molecule has 1 N–H and O–H groups in total. The van der Waals surface area contributed by atoms with Gasteiger partial charge in [0, 0.05) is 57.3 Å². The summed E-state index contributed by atoms with van der Waals surface area (Å²) in [7, 11) is 0. The summed E-state index contributed by atoms with van der Waals surface area (Å²) in [5.74, 6) is 1.75. The lowest BCUT2D eigenvalue weighted by molar-refractivity contribution is -0.131. The molecule has 1 aromatic carbocycles. The Bertz CT molecular complexity index is 804. The Morgan fingerprint density at radius 3 is 2.52 bits per heavy atom. The van der Waals surface area contributed by atoms with Gasteiger partial charge >= 0.3 is 0 Å². The van der Waals surface area contributed by atoms with E-state index < -0.39 is 0 Å². The predicted molar refractivity (Wildman–Crippen MR) is 113 cm³/mol. The summed E-state index contributed by atoms with van der Waals surface area (Å²) >= 11 is 0. The van der Waals surface area contributed by atoms with E-state index in [1.54, 1.807) is 6.20 Å². The Kier molecular flexibility index (Phi) is 7.55. The number of rotatable bonds is 8. The van der Waals surface area contributed by atoms with Crippen LogP contribution in [0.5, 0.6) is 0 Å². The van der Waals surface area contributed by atoms with Crippen LogP contribution in [0.1, 0.15) is 32.6 Å². The molecule has 7 nitrogen and oxygen atoms in total. The van der Waals surface area contributed by atoms with E-state index in [0.29, 0.717) is 44.7 Å². The average Bonchev–Trinajstić information content (AvgIpc) is 2.78. The highest BCUT2D eigenvalue weighted by Gasteiger charge is 2.22. The second kappa shape index (κ2) is 10.5. The molecule has 1 saturated heterocycles. The van der Waals surface area contributed by atoms with Crippen molar-refractivity contribution in [3.63, 3.8) is 0 Å². The fourth-order valence-electron chi connectivity index (χ4n) is 3.35. The highest BCUT2D eigenvalue weighted by Crippen LogP contribution is 2.19. The third kappa shape index (κ3) is 6.01. The Balaban J connectivity index is 1.47. The minimum absolute atomic E-state index is 0.0300. The fourth-order valence-corrected chi connectivity index (χ4v) is 3.35. The van der Waals surface area contributed by atoms with Gasteiger partial charge in [-0.05, 0) is 18.9 Å². The highest BCUT2D eigenvalue weighted by atomic mass is 16.2. The van der Waals surface area contributed by atoms with E-state index in [1.807, 2.05) is 48.2 Å². The van der Waals surface area contributed by atoms with Crippen LogP contribution in [-0.2, 0) is 9.59 Å². The van der Waals surface area contributed by atoms with Gasteiger partial charge in [0.05, 0.1) is 0 Å². The van der Waals surface area contributed by atoms with Crippen molar-refractivity contribution in [2.75, 3.05) is 37.6 Å². The summed E-state index contributed by atoms with van der Waals surface area (Å²) < 4.78 is 0. The lowest BCUT2D eigenvalue weighted by Gasteiger charge is -2.35. The molecule has 0 aliphatic carbocycles. The molecule has 0 spiro atoms. The molecule has 2 aromatic rings. The number of nitrogens with one attached hydrogen (secondary N) is 1. The second-order valence-electron chi connectivity index (χ2n) is 7.18. The molecule has 0 bridgehead atoms. The zero-order valence-electron chi connectivity index (χ0n) is 17.0. The smallest absolute Gasteiger partial charge is 0.222 e. The highest BCUT2D eigenvalue weighted by molar-refractivity contribution is 5.79. The maximum absolute atomic E-state index is 12.4. The molecule has 0 unspecified atom stereocenters. The Morgan fingerprint density at radius 1 is 1.03 bits per heavy atom. The topological polar surface area (TPSA) is 78.4 Å². The van der Waals surface area contributed by atoms with E-state index in [-0.39, 0.29) is 11.8 Å². The first-order chi connectivity index (χ1) is 14.2. The van der Waals surface area contributed by atoms with E-state index in [0.717, 1.165) is 30.9 Å². The fraction of sp³-hybridized carbons (Fsp3) is 0.455. The molecule has 154 valence electrons. The molecule has 1 aliphatic heterocycles. The molecule has 1 aliphatic rings. The molecule has 0 atom stereocenters. The number of anilines is 1. The third-order valence-electron chi connectivity index (χ3n) is 5.00. The van der Waals surface area contributed by atoms with Gasteiger partial charge in [-0.25, -0.2) is 9.97 Å². The Hall–Kier alpha value is -2.96. The number of aromatic nitrogens is 2. The van der Waals surface area contributed by atoms with Gasteiger partial charge in [-0.1, -0.05) is 37.3 Å². The molecule has 1 aromatic heterocycles. The number of amides is 2. The predicted octanol–water partition coefficient (Wildman–Crippen LogP) is 2.49. The van der Waals surface area contributed by atoms with Crippen molar-refractivity contribution in [3.05, 3.63) is 42.6 Å². The molecule has 0 saturated carbocycles. The van der Waals surface area contributed by atoms with Gasteiger partial charge in [0.25, 0.3) is 0 Å².